The minimum atomic E-state index is -3.29. The Hall–Kier alpha value is -1.89. The molecule has 1 N–H and O–H groups in total. The largest absolute Gasteiger partial charge is 0.353 e. The summed E-state index contributed by atoms with van der Waals surface area (Å²) in [5, 5.41) is 3.19. The maximum absolute atomic E-state index is 13.2. The topological polar surface area (TPSA) is 66.5 Å². The van der Waals surface area contributed by atoms with Crippen LogP contribution in [0, 0.1) is 0 Å². The van der Waals surface area contributed by atoms with Crippen molar-refractivity contribution in [1.82, 2.24) is 10.2 Å². The predicted molar refractivity (Wildman–Crippen MR) is 121 cm³/mol. The molecule has 1 atom stereocenters. The van der Waals surface area contributed by atoms with Gasteiger partial charge < -0.3 is 5.32 Å². The van der Waals surface area contributed by atoms with Crippen LogP contribution in [0.15, 0.2) is 59.5 Å². The first-order valence-electron chi connectivity index (χ1n) is 10.3. The molecule has 1 aliphatic carbocycles. The Morgan fingerprint density at radius 2 is 1.73 bits per heavy atom. The summed E-state index contributed by atoms with van der Waals surface area (Å²) in [5.41, 5.74) is 1.43. The number of halogens is 1. The van der Waals surface area contributed by atoms with Crippen LogP contribution in [-0.2, 0) is 20.0 Å². The molecule has 2 aliphatic rings. The van der Waals surface area contributed by atoms with Gasteiger partial charge in [0.25, 0.3) is 0 Å². The van der Waals surface area contributed by atoms with Gasteiger partial charge in [0.15, 0.2) is 9.84 Å². The van der Waals surface area contributed by atoms with Crippen LogP contribution in [0.2, 0.25) is 0 Å². The fraction of sp³-hybridized carbons (Fsp3) is 0.435. The molecule has 0 bridgehead atoms. The number of rotatable bonds is 7. The molecule has 1 aliphatic heterocycles. The van der Waals surface area contributed by atoms with Crippen molar-refractivity contribution in [3.63, 3.8) is 0 Å². The molecule has 7 heteroatoms. The number of likely N-dealkylation sites (tertiary alicyclic amines) is 1. The molecule has 1 saturated carbocycles. The average molecular weight is 449 g/mol. The number of hydrogen-bond acceptors (Lipinski definition) is 4. The van der Waals surface area contributed by atoms with Crippen molar-refractivity contribution in [1.29, 1.82) is 0 Å². The zero-order valence-corrected chi connectivity index (χ0v) is 18.8. The van der Waals surface area contributed by atoms with E-state index in [0.717, 1.165) is 31.5 Å². The summed E-state index contributed by atoms with van der Waals surface area (Å²) in [7, 11) is -3.29. The number of amides is 1. The van der Waals surface area contributed by atoms with Crippen molar-refractivity contribution >= 4 is 28.2 Å². The zero-order chi connectivity index (χ0) is 20.5. The van der Waals surface area contributed by atoms with Crippen molar-refractivity contribution in [2.24, 2.45) is 0 Å². The fourth-order valence-electron chi connectivity index (χ4n) is 4.34. The highest BCUT2D eigenvalue weighted by atomic mass is 35.5. The third kappa shape index (κ3) is 4.71. The van der Waals surface area contributed by atoms with Crippen molar-refractivity contribution < 1.29 is 13.2 Å². The van der Waals surface area contributed by atoms with Gasteiger partial charge >= 0.3 is 0 Å². The molecule has 0 radical (unpaired) electrons. The Bertz CT molecular complexity index is 985. The Kier molecular flexibility index (Phi) is 6.90. The minimum Gasteiger partial charge on any atom is -0.353 e. The molecule has 5 nitrogen and oxygen atoms in total. The van der Waals surface area contributed by atoms with Crippen LogP contribution in [0.3, 0.4) is 0 Å². The molecule has 4 rings (SSSR count). The number of nitrogens with zero attached hydrogens (tertiary/aromatic N) is 1. The van der Waals surface area contributed by atoms with Gasteiger partial charge in [-0.1, -0.05) is 42.5 Å². The van der Waals surface area contributed by atoms with E-state index in [1.165, 1.54) is 24.7 Å². The number of hydrogen-bond donors (Lipinski definition) is 1. The monoisotopic (exact) mass is 448 g/mol. The Labute approximate surface area is 185 Å². The van der Waals surface area contributed by atoms with Crippen LogP contribution in [0.5, 0.6) is 0 Å². The summed E-state index contributed by atoms with van der Waals surface area (Å²) in [6.07, 6.45) is 5.10. The summed E-state index contributed by atoms with van der Waals surface area (Å²) in [5.74, 6) is 0.00304. The van der Waals surface area contributed by atoms with Gasteiger partial charge in [-0.25, -0.2) is 8.42 Å². The lowest BCUT2D eigenvalue weighted by atomic mass is 9.94. The van der Waals surface area contributed by atoms with Crippen molar-refractivity contribution in [2.45, 2.75) is 42.0 Å². The van der Waals surface area contributed by atoms with Crippen molar-refractivity contribution in [2.75, 3.05) is 25.9 Å². The third-order valence-electron chi connectivity index (χ3n) is 6.22. The standard InChI is InChI=1S/C23H28N2O3S.ClH/c1-29(27,28)20-11-7-10-19(16-20)23(12-13-23)22(26)24-17-21(25-14-5-6-15-25)18-8-3-2-4-9-18;/h2-4,7-11,16,21H,5-6,12-15,17H2,1H3,(H,24,26);1H. The van der Waals surface area contributed by atoms with Gasteiger partial charge in [-0.3, -0.25) is 9.69 Å². The normalized spacial score (nSPS) is 19.0. The zero-order valence-electron chi connectivity index (χ0n) is 17.2. The number of nitrogens with one attached hydrogen (secondary N) is 1. The SMILES string of the molecule is CS(=O)(=O)c1cccc(C2(C(=O)NCC(c3ccccc3)N3CCCC3)CC2)c1.Cl. The number of benzene rings is 2. The molecule has 0 spiro atoms. The number of sulfone groups is 1. The van der Waals surface area contributed by atoms with Gasteiger partial charge in [0, 0.05) is 12.8 Å². The lowest BCUT2D eigenvalue weighted by Crippen LogP contribution is -2.41. The van der Waals surface area contributed by atoms with Gasteiger partial charge in [0.1, 0.15) is 0 Å². The fourth-order valence-corrected chi connectivity index (χ4v) is 5.01. The van der Waals surface area contributed by atoms with E-state index in [1.54, 1.807) is 18.2 Å². The molecule has 1 amide bonds. The van der Waals surface area contributed by atoms with E-state index in [0.29, 0.717) is 6.54 Å². The Morgan fingerprint density at radius 3 is 2.33 bits per heavy atom. The average Bonchev–Trinajstić information content (AvgIpc) is 3.37. The summed E-state index contributed by atoms with van der Waals surface area (Å²) >= 11 is 0. The van der Waals surface area contributed by atoms with Crippen LogP contribution in [-0.4, -0.2) is 45.1 Å². The lowest BCUT2D eigenvalue weighted by molar-refractivity contribution is -0.123. The lowest BCUT2D eigenvalue weighted by Gasteiger charge is -2.29. The van der Waals surface area contributed by atoms with Crippen LogP contribution >= 0.6 is 12.4 Å². The van der Waals surface area contributed by atoms with E-state index in [-0.39, 0.29) is 29.3 Å². The minimum absolute atomic E-state index is 0. The highest BCUT2D eigenvalue weighted by Gasteiger charge is 2.51. The van der Waals surface area contributed by atoms with Crippen molar-refractivity contribution in [3.8, 4) is 0 Å². The first-order valence-corrected chi connectivity index (χ1v) is 12.2. The third-order valence-corrected chi connectivity index (χ3v) is 7.33. The predicted octanol–water partition coefficient (Wildman–Crippen LogP) is 3.50. The van der Waals surface area contributed by atoms with E-state index in [9.17, 15) is 13.2 Å². The molecule has 1 heterocycles. The van der Waals surface area contributed by atoms with E-state index in [2.05, 4.69) is 22.3 Å². The second-order valence-corrected chi connectivity index (χ2v) is 10.3. The molecular weight excluding hydrogens is 420 g/mol. The maximum atomic E-state index is 13.2. The van der Waals surface area contributed by atoms with Gasteiger partial charge in [-0.2, -0.15) is 0 Å². The molecule has 2 fully saturated rings. The highest BCUT2D eigenvalue weighted by molar-refractivity contribution is 7.90. The summed E-state index contributed by atoms with van der Waals surface area (Å²) in [6.45, 7) is 2.67. The van der Waals surface area contributed by atoms with Crippen LogP contribution in [0.4, 0.5) is 0 Å². The summed E-state index contributed by atoms with van der Waals surface area (Å²) < 4.78 is 23.8. The van der Waals surface area contributed by atoms with Gasteiger partial charge in [-0.15, -0.1) is 12.4 Å². The molecule has 0 aromatic heterocycles. The number of carbonyl (C=O) groups excluding carboxylic acids is 1. The molecule has 162 valence electrons. The number of carbonyl (C=O) groups is 1. The van der Waals surface area contributed by atoms with Crippen LogP contribution in [0.1, 0.15) is 42.9 Å². The smallest absolute Gasteiger partial charge is 0.230 e. The molecule has 1 unspecified atom stereocenters. The second-order valence-electron chi connectivity index (χ2n) is 8.26. The quantitative estimate of drug-likeness (QED) is 0.704. The molecule has 2 aromatic rings. The molecule has 30 heavy (non-hydrogen) atoms. The van der Waals surface area contributed by atoms with Crippen molar-refractivity contribution in [3.05, 3.63) is 65.7 Å². The van der Waals surface area contributed by atoms with E-state index in [4.69, 9.17) is 0 Å². The van der Waals surface area contributed by atoms with E-state index in [1.807, 2.05) is 24.3 Å². The Morgan fingerprint density at radius 1 is 1.07 bits per heavy atom. The van der Waals surface area contributed by atoms with E-state index >= 15 is 0 Å². The van der Waals surface area contributed by atoms with Crippen LogP contribution in [0.25, 0.3) is 0 Å². The Balaban J connectivity index is 0.00000256. The second kappa shape index (κ2) is 9.08. The molecule has 2 aromatic carbocycles. The summed E-state index contributed by atoms with van der Waals surface area (Å²) in [6, 6.07) is 17.4. The summed E-state index contributed by atoms with van der Waals surface area (Å²) in [4.78, 5) is 15.9. The highest BCUT2D eigenvalue weighted by Crippen LogP contribution is 2.48. The first-order chi connectivity index (χ1) is 13.9. The van der Waals surface area contributed by atoms with Gasteiger partial charge in [0.05, 0.1) is 16.4 Å². The van der Waals surface area contributed by atoms with Gasteiger partial charge in [0.2, 0.25) is 5.91 Å². The van der Waals surface area contributed by atoms with E-state index < -0.39 is 15.3 Å². The molecule has 1 saturated heterocycles. The first kappa shape index (κ1) is 22.8. The maximum Gasteiger partial charge on any atom is 0.230 e. The molecular formula is C23H29ClN2O3S. The van der Waals surface area contributed by atoms with Crippen LogP contribution < -0.4 is 5.32 Å². The van der Waals surface area contributed by atoms with Gasteiger partial charge in [-0.05, 0) is 62.0 Å².